The summed E-state index contributed by atoms with van der Waals surface area (Å²) in [6.07, 6.45) is 2.30. The summed E-state index contributed by atoms with van der Waals surface area (Å²) in [5, 5.41) is 2.97. The lowest BCUT2D eigenvalue weighted by Crippen LogP contribution is -2.40. The molecule has 0 saturated heterocycles. The molecule has 0 amide bonds. The van der Waals surface area contributed by atoms with E-state index in [0.717, 1.165) is 4.57 Å². The van der Waals surface area contributed by atoms with Crippen LogP contribution in [0.3, 0.4) is 0 Å². The van der Waals surface area contributed by atoms with Gasteiger partial charge in [-0.25, -0.2) is 4.79 Å². The van der Waals surface area contributed by atoms with Gasteiger partial charge in [0, 0.05) is 13.6 Å². The third-order valence-electron chi connectivity index (χ3n) is 4.56. The number of allylic oxidation sites excluding steroid dienone is 1. The fourth-order valence-electron chi connectivity index (χ4n) is 3.25. The number of rotatable bonds is 6. The van der Waals surface area contributed by atoms with Crippen LogP contribution in [-0.2, 0) is 13.6 Å². The van der Waals surface area contributed by atoms with E-state index in [1.807, 2.05) is 13.8 Å². The van der Waals surface area contributed by atoms with Crippen molar-refractivity contribution in [2.75, 3.05) is 19.0 Å². The number of benzene rings is 1. The predicted molar refractivity (Wildman–Crippen MR) is 114 cm³/mol. The third-order valence-corrected chi connectivity index (χ3v) is 5.15. The molecule has 154 valence electrons. The number of halogens is 1. The predicted octanol–water partition coefficient (Wildman–Crippen LogP) is 2.78. The molecule has 0 saturated carbocycles. The standard InChI is InChI=1S/C20H22BrN3O5/c1-5-7-24-18-15(19(26)23(3)20(24)27)16(25)13(22-18)9-11-8-12(21)17(28-4)14(10-11)29-6-2/h8-10,22H,5-7H2,1-4H3/b13-9-. The van der Waals surface area contributed by atoms with Gasteiger partial charge in [0.05, 0.1) is 23.9 Å². The van der Waals surface area contributed by atoms with Gasteiger partial charge in [-0.3, -0.25) is 18.7 Å². The molecular weight excluding hydrogens is 442 g/mol. The zero-order valence-electron chi connectivity index (χ0n) is 16.7. The Bertz CT molecular complexity index is 1130. The highest BCUT2D eigenvalue weighted by Crippen LogP contribution is 2.37. The van der Waals surface area contributed by atoms with Gasteiger partial charge in [-0.2, -0.15) is 0 Å². The monoisotopic (exact) mass is 463 g/mol. The van der Waals surface area contributed by atoms with Gasteiger partial charge >= 0.3 is 5.69 Å². The molecular formula is C20H22BrN3O5. The minimum Gasteiger partial charge on any atom is -0.492 e. The van der Waals surface area contributed by atoms with Crippen molar-refractivity contribution in [1.29, 1.82) is 0 Å². The number of hydrogen-bond acceptors (Lipinski definition) is 6. The van der Waals surface area contributed by atoms with Gasteiger partial charge in [0.1, 0.15) is 11.4 Å². The number of ketones is 1. The van der Waals surface area contributed by atoms with E-state index in [4.69, 9.17) is 9.47 Å². The average molecular weight is 464 g/mol. The van der Waals surface area contributed by atoms with Gasteiger partial charge in [0.2, 0.25) is 5.78 Å². The van der Waals surface area contributed by atoms with Crippen LogP contribution in [0.15, 0.2) is 31.9 Å². The molecule has 0 radical (unpaired) electrons. The Labute approximate surface area is 175 Å². The lowest BCUT2D eigenvalue weighted by molar-refractivity contribution is 0.104. The second-order valence-corrected chi connectivity index (χ2v) is 7.36. The van der Waals surface area contributed by atoms with E-state index in [1.54, 1.807) is 25.3 Å². The molecule has 1 aromatic carbocycles. The summed E-state index contributed by atoms with van der Waals surface area (Å²) in [4.78, 5) is 37.9. The Hall–Kier alpha value is -2.81. The van der Waals surface area contributed by atoms with Crippen molar-refractivity contribution in [3.05, 3.63) is 54.3 Å². The second kappa shape index (κ2) is 8.28. The summed E-state index contributed by atoms with van der Waals surface area (Å²) in [6, 6.07) is 3.53. The van der Waals surface area contributed by atoms with Crippen molar-refractivity contribution in [3.63, 3.8) is 0 Å². The van der Waals surface area contributed by atoms with Crippen LogP contribution >= 0.6 is 15.9 Å². The Morgan fingerprint density at radius 3 is 2.55 bits per heavy atom. The van der Waals surface area contributed by atoms with Crippen LogP contribution in [0.4, 0.5) is 5.82 Å². The fourth-order valence-corrected chi connectivity index (χ4v) is 3.87. The Morgan fingerprint density at radius 2 is 1.93 bits per heavy atom. The SMILES string of the molecule is CCCn1c2c(c(=O)n(C)c1=O)C(=O)/C(=C/c1cc(Br)c(OC)c(OCC)c1)N2. The summed E-state index contributed by atoms with van der Waals surface area (Å²) in [6.45, 7) is 4.62. The Balaban J connectivity index is 2.13. The summed E-state index contributed by atoms with van der Waals surface area (Å²) < 4.78 is 14.0. The number of anilines is 1. The van der Waals surface area contributed by atoms with Gasteiger partial charge < -0.3 is 14.8 Å². The van der Waals surface area contributed by atoms with E-state index < -0.39 is 17.0 Å². The first kappa shape index (κ1) is 20.9. The maximum Gasteiger partial charge on any atom is 0.332 e. The van der Waals surface area contributed by atoms with Crippen LogP contribution in [0.2, 0.25) is 0 Å². The molecule has 1 aromatic heterocycles. The van der Waals surface area contributed by atoms with Crippen molar-refractivity contribution in [2.24, 2.45) is 7.05 Å². The Kier molecular flexibility index (Phi) is 5.97. The van der Waals surface area contributed by atoms with Crippen molar-refractivity contribution in [2.45, 2.75) is 26.8 Å². The number of hydrogen-bond donors (Lipinski definition) is 1. The lowest BCUT2D eigenvalue weighted by atomic mass is 10.1. The number of nitrogens with one attached hydrogen (secondary N) is 1. The highest BCUT2D eigenvalue weighted by molar-refractivity contribution is 9.10. The molecule has 1 aliphatic heterocycles. The smallest absolute Gasteiger partial charge is 0.332 e. The van der Waals surface area contributed by atoms with E-state index >= 15 is 0 Å². The molecule has 29 heavy (non-hydrogen) atoms. The van der Waals surface area contributed by atoms with Crippen molar-refractivity contribution in [1.82, 2.24) is 9.13 Å². The molecule has 1 N–H and O–H groups in total. The minimum absolute atomic E-state index is 0.0237. The third kappa shape index (κ3) is 3.62. The van der Waals surface area contributed by atoms with Crippen LogP contribution in [0.5, 0.6) is 11.5 Å². The normalized spacial score (nSPS) is 14.1. The van der Waals surface area contributed by atoms with Gasteiger partial charge in [-0.15, -0.1) is 0 Å². The molecule has 0 unspecified atom stereocenters. The van der Waals surface area contributed by atoms with Crippen LogP contribution in [0, 0.1) is 0 Å². The maximum atomic E-state index is 12.9. The molecule has 1 aliphatic rings. The topological polar surface area (TPSA) is 91.6 Å². The molecule has 2 heterocycles. The number of carbonyl (C=O) groups is 1. The first-order valence-corrected chi connectivity index (χ1v) is 10.0. The molecule has 8 nitrogen and oxygen atoms in total. The summed E-state index contributed by atoms with van der Waals surface area (Å²) in [5.41, 5.74) is -0.199. The number of ether oxygens (including phenoxy) is 2. The van der Waals surface area contributed by atoms with Crippen LogP contribution < -0.4 is 26.0 Å². The van der Waals surface area contributed by atoms with Crippen molar-refractivity contribution in [3.8, 4) is 11.5 Å². The first-order chi connectivity index (χ1) is 13.8. The van der Waals surface area contributed by atoms with Crippen LogP contribution in [0.25, 0.3) is 6.08 Å². The summed E-state index contributed by atoms with van der Waals surface area (Å²) in [7, 11) is 2.92. The van der Waals surface area contributed by atoms with E-state index in [1.165, 1.54) is 11.6 Å². The number of carbonyl (C=O) groups excluding carboxylic acids is 1. The summed E-state index contributed by atoms with van der Waals surface area (Å²) in [5.74, 6) is 0.871. The largest absolute Gasteiger partial charge is 0.492 e. The van der Waals surface area contributed by atoms with Gasteiger partial charge in [0.15, 0.2) is 11.5 Å². The summed E-state index contributed by atoms with van der Waals surface area (Å²) >= 11 is 3.45. The molecule has 0 atom stereocenters. The van der Waals surface area contributed by atoms with Crippen molar-refractivity contribution >= 4 is 33.6 Å². The molecule has 0 fully saturated rings. The van der Waals surface area contributed by atoms with E-state index in [9.17, 15) is 14.4 Å². The van der Waals surface area contributed by atoms with Gasteiger partial charge in [-0.1, -0.05) is 6.92 Å². The number of methoxy groups -OCH3 is 1. The molecule has 2 aromatic rings. The highest BCUT2D eigenvalue weighted by Gasteiger charge is 2.32. The van der Waals surface area contributed by atoms with Gasteiger partial charge in [-0.05, 0) is 53.0 Å². The van der Waals surface area contributed by atoms with E-state index in [2.05, 4.69) is 21.2 Å². The first-order valence-electron chi connectivity index (χ1n) is 9.21. The van der Waals surface area contributed by atoms with E-state index in [0.29, 0.717) is 41.1 Å². The average Bonchev–Trinajstić information content (AvgIpc) is 3.00. The quantitative estimate of drug-likeness (QED) is 0.662. The number of aromatic nitrogens is 2. The zero-order chi connectivity index (χ0) is 21.3. The zero-order valence-corrected chi connectivity index (χ0v) is 18.3. The molecule has 0 aliphatic carbocycles. The fraction of sp³-hybridized carbons (Fsp3) is 0.350. The second-order valence-electron chi connectivity index (χ2n) is 6.50. The van der Waals surface area contributed by atoms with Crippen LogP contribution in [-0.4, -0.2) is 28.6 Å². The number of Topliss-reactive ketones (excluding diaryl/α,β-unsaturated/α-hetero) is 1. The minimum atomic E-state index is -0.607. The maximum absolute atomic E-state index is 12.9. The van der Waals surface area contributed by atoms with E-state index in [-0.39, 0.29) is 17.1 Å². The van der Waals surface area contributed by atoms with Gasteiger partial charge in [0.25, 0.3) is 5.56 Å². The van der Waals surface area contributed by atoms with Crippen molar-refractivity contribution < 1.29 is 14.3 Å². The molecule has 3 rings (SSSR count). The molecule has 0 spiro atoms. The van der Waals surface area contributed by atoms with Crippen LogP contribution in [0.1, 0.15) is 36.2 Å². The molecule has 0 bridgehead atoms. The lowest BCUT2D eigenvalue weighted by Gasteiger charge is -2.12. The number of nitrogens with zero attached hydrogens (tertiary/aromatic N) is 2. The molecule has 9 heteroatoms. The highest BCUT2D eigenvalue weighted by atomic mass is 79.9. The number of fused-ring (bicyclic) bond motifs is 1. The Morgan fingerprint density at radius 1 is 1.21 bits per heavy atom.